The van der Waals surface area contributed by atoms with Crippen molar-refractivity contribution in [3.05, 3.63) is 60.8 Å². The first kappa shape index (κ1) is 69.7. The van der Waals surface area contributed by atoms with Crippen LogP contribution >= 0.6 is 7.82 Å². The Bertz CT molecular complexity index is 1360. The van der Waals surface area contributed by atoms with Crippen molar-refractivity contribution in [3.8, 4) is 0 Å². The maximum absolute atomic E-state index is 12.6. The maximum atomic E-state index is 12.6. The molecule has 0 aliphatic heterocycles. The Morgan fingerprint density at radius 3 is 1.08 bits per heavy atom. The van der Waals surface area contributed by atoms with Crippen LogP contribution in [0.2, 0.25) is 0 Å². The summed E-state index contributed by atoms with van der Waals surface area (Å²) < 4.78 is 32.8. The zero-order chi connectivity index (χ0) is 52.4. The van der Waals surface area contributed by atoms with Gasteiger partial charge in [-0.3, -0.25) is 18.6 Å². The molecule has 0 rings (SSSR count). The molecule has 0 saturated carbocycles. The second kappa shape index (κ2) is 58.0. The first-order valence-corrected chi connectivity index (χ1v) is 31.8. The monoisotopic (exact) mass is 1030 g/mol. The lowest BCUT2D eigenvalue weighted by atomic mass is 10.0. The molecule has 0 aliphatic carbocycles. The van der Waals surface area contributed by atoms with Gasteiger partial charge in [-0.2, -0.15) is 0 Å². The van der Waals surface area contributed by atoms with E-state index in [1.54, 1.807) is 6.08 Å². The maximum Gasteiger partial charge on any atom is 0.472 e. The molecule has 10 heteroatoms. The van der Waals surface area contributed by atoms with Gasteiger partial charge in [-0.1, -0.05) is 299 Å². The predicted molar refractivity (Wildman–Crippen MR) is 307 cm³/mol. The third-order valence-corrected chi connectivity index (χ3v) is 14.2. The van der Waals surface area contributed by atoms with E-state index < -0.39 is 32.5 Å². The summed E-state index contributed by atoms with van der Waals surface area (Å²) in [5, 5.41) is 0. The number of rotatable bonds is 57. The van der Waals surface area contributed by atoms with Crippen molar-refractivity contribution in [1.29, 1.82) is 0 Å². The third-order valence-electron chi connectivity index (χ3n) is 13.2. The Morgan fingerprint density at radius 1 is 0.431 bits per heavy atom. The minimum Gasteiger partial charge on any atom is -0.462 e. The van der Waals surface area contributed by atoms with Crippen LogP contribution in [0, 0.1) is 0 Å². The Labute approximate surface area is 444 Å². The highest BCUT2D eigenvalue weighted by Crippen LogP contribution is 2.43. The van der Waals surface area contributed by atoms with E-state index in [1.807, 2.05) is 12.2 Å². The first-order valence-electron chi connectivity index (χ1n) is 30.3. The molecule has 2 atom stereocenters. The molecule has 0 fully saturated rings. The second-order valence-corrected chi connectivity index (χ2v) is 21.7. The molecule has 0 amide bonds. The molecule has 0 spiro atoms. The van der Waals surface area contributed by atoms with Crippen LogP contribution in [0.3, 0.4) is 0 Å². The largest absolute Gasteiger partial charge is 0.472 e. The SMILES string of the molecule is CC/C=C\C/C=C\C/C=C\C/C=C\C/C=C\CC(=O)OC(COC(=O)CCCCCCCCCCCCCCCCCCCCCCCCCCCCCCCCCCCCCC)COP(=O)(O)OCCN. The van der Waals surface area contributed by atoms with Crippen molar-refractivity contribution < 1.29 is 37.6 Å². The van der Waals surface area contributed by atoms with Gasteiger partial charge >= 0.3 is 19.8 Å². The summed E-state index contributed by atoms with van der Waals surface area (Å²) in [6.07, 6.45) is 73.6. The topological polar surface area (TPSA) is 134 Å². The lowest BCUT2D eigenvalue weighted by molar-refractivity contribution is -0.160. The molecule has 0 radical (unpaired) electrons. The van der Waals surface area contributed by atoms with Gasteiger partial charge < -0.3 is 20.1 Å². The van der Waals surface area contributed by atoms with E-state index in [9.17, 15) is 19.0 Å². The predicted octanol–water partition coefficient (Wildman–Crippen LogP) is 19.1. The van der Waals surface area contributed by atoms with Gasteiger partial charge in [0, 0.05) is 13.0 Å². The number of nitrogens with two attached hydrogens (primary N) is 1. The lowest BCUT2D eigenvalue weighted by Gasteiger charge is -2.19. The molecule has 72 heavy (non-hydrogen) atoms. The number of unbranched alkanes of at least 4 members (excludes halogenated alkanes) is 35. The minimum atomic E-state index is -4.41. The summed E-state index contributed by atoms with van der Waals surface area (Å²) in [6, 6.07) is 0. The summed E-state index contributed by atoms with van der Waals surface area (Å²) in [5.74, 6) is -0.968. The molecular weight excluding hydrogens is 918 g/mol. The van der Waals surface area contributed by atoms with Crippen molar-refractivity contribution in [2.24, 2.45) is 5.73 Å². The molecule has 0 aromatic heterocycles. The van der Waals surface area contributed by atoms with Crippen molar-refractivity contribution in [2.75, 3.05) is 26.4 Å². The van der Waals surface area contributed by atoms with Gasteiger partial charge in [0.25, 0.3) is 0 Å². The number of hydrogen-bond acceptors (Lipinski definition) is 8. The van der Waals surface area contributed by atoms with Gasteiger partial charge in [-0.15, -0.1) is 0 Å². The van der Waals surface area contributed by atoms with Gasteiger partial charge in [0.05, 0.1) is 19.6 Å². The first-order chi connectivity index (χ1) is 35.3. The highest BCUT2D eigenvalue weighted by Gasteiger charge is 2.25. The Kier molecular flexibility index (Phi) is 56.1. The molecule has 0 aromatic rings. The number of carbonyl (C=O) groups excluding carboxylic acids is 2. The van der Waals surface area contributed by atoms with Crippen LogP contribution in [0.25, 0.3) is 0 Å². The van der Waals surface area contributed by atoms with Gasteiger partial charge in [-0.05, 0) is 38.5 Å². The van der Waals surface area contributed by atoms with E-state index in [0.717, 1.165) is 44.9 Å². The average Bonchev–Trinajstić information content (AvgIpc) is 3.37. The molecule has 0 saturated heterocycles. The third kappa shape index (κ3) is 57.0. The standard InChI is InChI=1S/C62H114NO8P/c1-3-5-7-9-11-13-15-17-19-20-21-22-23-24-25-26-27-28-29-30-31-32-33-34-35-36-37-38-39-41-42-44-46-48-50-52-54-61(64)68-58-60(59-70-72(66,67)69-57-56-63)71-62(65)55-53-51-49-47-45-43-40-18-16-14-12-10-8-6-4-2/h6,8,12,14,18,40,45,47,51,53,60H,3-5,7,9-11,13,15-17,19-39,41-44,46,48-50,52,54-59,63H2,1-2H3,(H,66,67)/b8-6-,14-12-,40-18-,47-45-,53-51-. The Morgan fingerprint density at radius 2 is 0.750 bits per heavy atom. The fourth-order valence-corrected chi connectivity index (χ4v) is 9.54. The van der Waals surface area contributed by atoms with Crippen molar-refractivity contribution in [1.82, 2.24) is 0 Å². The van der Waals surface area contributed by atoms with Crippen LogP contribution in [0.4, 0.5) is 0 Å². The zero-order valence-corrected chi connectivity index (χ0v) is 47.8. The van der Waals surface area contributed by atoms with Crippen LogP contribution in [-0.4, -0.2) is 49.3 Å². The average molecular weight is 1030 g/mol. The number of phosphoric ester groups is 1. The smallest absolute Gasteiger partial charge is 0.462 e. The molecule has 3 N–H and O–H groups in total. The van der Waals surface area contributed by atoms with E-state index >= 15 is 0 Å². The molecule has 0 aliphatic rings. The van der Waals surface area contributed by atoms with E-state index in [2.05, 4.69) is 56.4 Å². The van der Waals surface area contributed by atoms with Crippen LogP contribution in [0.15, 0.2) is 60.8 Å². The molecule has 9 nitrogen and oxygen atoms in total. The van der Waals surface area contributed by atoms with Gasteiger partial charge in [0.15, 0.2) is 6.10 Å². The van der Waals surface area contributed by atoms with Crippen LogP contribution < -0.4 is 5.73 Å². The molecule has 420 valence electrons. The van der Waals surface area contributed by atoms with Crippen molar-refractivity contribution in [3.63, 3.8) is 0 Å². The zero-order valence-electron chi connectivity index (χ0n) is 46.9. The van der Waals surface area contributed by atoms with Gasteiger partial charge in [0.1, 0.15) is 6.61 Å². The van der Waals surface area contributed by atoms with E-state index in [-0.39, 0.29) is 32.6 Å². The quantitative estimate of drug-likeness (QED) is 0.0264. The Balaban J connectivity index is 3.81. The summed E-state index contributed by atoms with van der Waals surface area (Å²) in [4.78, 5) is 35.0. The normalized spacial score (nSPS) is 13.4. The summed E-state index contributed by atoms with van der Waals surface area (Å²) in [5.41, 5.74) is 5.36. The molecule has 0 bridgehead atoms. The molecule has 0 aromatic carbocycles. The summed E-state index contributed by atoms with van der Waals surface area (Å²) >= 11 is 0. The number of phosphoric acid groups is 1. The molecular formula is C62H114NO8P. The van der Waals surface area contributed by atoms with Gasteiger partial charge in [-0.25, -0.2) is 4.57 Å². The number of ether oxygens (including phenoxy) is 2. The van der Waals surface area contributed by atoms with E-state index in [1.165, 1.54) is 212 Å². The number of allylic oxidation sites excluding steroid dienone is 9. The molecule has 2 unspecified atom stereocenters. The van der Waals surface area contributed by atoms with Crippen molar-refractivity contribution >= 4 is 19.8 Å². The van der Waals surface area contributed by atoms with Gasteiger partial charge in [0.2, 0.25) is 0 Å². The number of hydrogen-bond donors (Lipinski definition) is 2. The van der Waals surface area contributed by atoms with Crippen LogP contribution in [-0.2, 0) is 32.7 Å². The van der Waals surface area contributed by atoms with Crippen molar-refractivity contribution in [2.45, 2.75) is 296 Å². The van der Waals surface area contributed by atoms with E-state index in [4.69, 9.17) is 24.3 Å². The number of esters is 2. The fourth-order valence-electron chi connectivity index (χ4n) is 8.77. The lowest BCUT2D eigenvalue weighted by Crippen LogP contribution is -2.29. The number of carbonyl (C=O) groups is 2. The molecule has 0 heterocycles. The summed E-state index contributed by atoms with van der Waals surface area (Å²) in [7, 11) is -4.41. The summed E-state index contributed by atoms with van der Waals surface area (Å²) in [6.45, 7) is 3.54. The highest BCUT2D eigenvalue weighted by atomic mass is 31.2. The van der Waals surface area contributed by atoms with E-state index in [0.29, 0.717) is 6.42 Å². The van der Waals surface area contributed by atoms with Crippen LogP contribution in [0.5, 0.6) is 0 Å². The highest BCUT2D eigenvalue weighted by molar-refractivity contribution is 7.47. The second-order valence-electron chi connectivity index (χ2n) is 20.2. The van der Waals surface area contributed by atoms with Crippen LogP contribution in [0.1, 0.15) is 290 Å². The fraction of sp³-hybridized carbons (Fsp3) is 0.806. The minimum absolute atomic E-state index is 0.00181. The Hall–Kier alpha value is -2.29.